The SMILES string of the molecule is CC(=O)Oc1cccc2c1c(C(O)C(N)O)c(C)n2Cc1c(Cl)cccc1Cl. The van der Waals surface area contributed by atoms with Gasteiger partial charge in [0.2, 0.25) is 0 Å². The van der Waals surface area contributed by atoms with Crippen LogP contribution in [0.25, 0.3) is 10.9 Å². The molecular formula is C20H20Cl2N2O4. The first-order valence-electron chi connectivity index (χ1n) is 8.57. The van der Waals surface area contributed by atoms with Crippen molar-refractivity contribution >= 4 is 40.1 Å². The maximum atomic E-state index is 11.5. The Morgan fingerprint density at radius 1 is 1.18 bits per heavy atom. The lowest BCUT2D eigenvalue weighted by molar-refractivity contribution is -0.131. The van der Waals surface area contributed by atoms with Crippen molar-refractivity contribution in [1.82, 2.24) is 4.57 Å². The minimum absolute atomic E-state index is 0.270. The summed E-state index contributed by atoms with van der Waals surface area (Å²) in [5, 5.41) is 21.8. The van der Waals surface area contributed by atoms with Crippen molar-refractivity contribution in [1.29, 1.82) is 0 Å². The number of carbonyl (C=O) groups excluding carboxylic acids is 1. The number of nitrogens with two attached hydrogens (primary N) is 1. The average molecular weight is 423 g/mol. The quantitative estimate of drug-likeness (QED) is 0.331. The molecule has 0 spiro atoms. The molecule has 0 amide bonds. The van der Waals surface area contributed by atoms with E-state index in [1.807, 2.05) is 10.6 Å². The van der Waals surface area contributed by atoms with Crippen LogP contribution >= 0.6 is 23.2 Å². The Morgan fingerprint density at radius 3 is 2.36 bits per heavy atom. The summed E-state index contributed by atoms with van der Waals surface area (Å²) in [4.78, 5) is 11.5. The summed E-state index contributed by atoms with van der Waals surface area (Å²) in [5.74, 6) is -0.229. The predicted octanol–water partition coefficient (Wildman–Crippen LogP) is 3.54. The Bertz CT molecular complexity index is 1030. The number of benzene rings is 2. The molecule has 8 heteroatoms. The number of halogens is 2. The van der Waals surface area contributed by atoms with Gasteiger partial charge in [-0.3, -0.25) is 4.79 Å². The van der Waals surface area contributed by atoms with E-state index < -0.39 is 18.3 Å². The molecule has 3 rings (SSSR count). The van der Waals surface area contributed by atoms with E-state index >= 15 is 0 Å². The molecular weight excluding hydrogens is 403 g/mol. The van der Waals surface area contributed by atoms with E-state index in [1.54, 1.807) is 37.3 Å². The molecule has 3 aromatic rings. The first kappa shape index (κ1) is 20.6. The molecule has 0 aliphatic heterocycles. The first-order chi connectivity index (χ1) is 13.2. The molecule has 2 aromatic carbocycles. The Labute approximate surface area is 172 Å². The summed E-state index contributed by atoms with van der Waals surface area (Å²) < 4.78 is 7.21. The van der Waals surface area contributed by atoms with Gasteiger partial charge in [0, 0.05) is 39.2 Å². The Balaban J connectivity index is 2.29. The van der Waals surface area contributed by atoms with Crippen LogP contribution in [0.1, 0.15) is 29.8 Å². The van der Waals surface area contributed by atoms with Gasteiger partial charge in [-0.2, -0.15) is 0 Å². The molecule has 2 atom stereocenters. The van der Waals surface area contributed by atoms with Crippen LogP contribution in [-0.2, 0) is 11.3 Å². The number of aliphatic hydroxyl groups is 2. The second-order valence-electron chi connectivity index (χ2n) is 6.46. The number of nitrogens with zero attached hydrogens (tertiary/aromatic N) is 1. The number of ether oxygens (including phenoxy) is 1. The Hall–Kier alpha value is -2.09. The van der Waals surface area contributed by atoms with Crippen LogP contribution in [0.4, 0.5) is 0 Å². The van der Waals surface area contributed by atoms with Gasteiger partial charge >= 0.3 is 5.97 Å². The monoisotopic (exact) mass is 422 g/mol. The van der Waals surface area contributed by atoms with Gasteiger partial charge in [0.05, 0.1) is 12.1 Å². The van der Waals surface area contributed by atoms with Crippen molar-refractivity contribution in [2.45, 2.75) is 32.7 Å². The molecule has 0 saturated carbocycles. The van der Waals surface area contributed by atoms with Crippen molar-refractivity contribution in [3.8, 4) is 5.75 Å². The van der Waals surface area contributed by atoms with Gasteiger partial charge in [0.15, 0.2) is 0 Å². The minimum Gasteiger partial charge on any atom is -0.426 e. The molecule has 148 valence electrons. The molecule has 2 unspecified atom stereocenters. The van der Waals surface area contributed by atoms with Crippen LogP contribution in [0.2, 0.25) is 10.0 Å². The first-order valence-corrected chi connectivity index (χ1v) is 9.32. The molecule has 0 fully saturated rings. The van der Waals surface area contributed by atoms with E-state index in [0.717, 1.165) is 0 Å². The van der Waals surface area contributed by atoms with Crippen molar-refractivity contribution in [3.63, 3.8) is 0 Å². The summed E-state index contributed by atoms with van der Waals surface area (Å²) >= 11 is 12.7. The standard InChI is InChI=1S/C20H20Cl2N2O4/c1-10-17(19(26)20(23)27)18-15(7-4-8-16(18)28-11(2)25)24(10)9-12-13(21)5-3-6-14(12)22/h3-8,19-20,26-27H,9,23H2,1-2H3. The van der Waals surface area contributed by atoms with Gasteiger partial charge in [-0.15, -0.1) is 0 Å². The maximum absolute atomic E-state index is 11.5. The number of hydrogen-bond acceptors (Lipinski definition) is 5. The fourth-order valence-electron chi connectivity index (χ4n) is 3.34. The summed E-state index contributed by atoms with van der Waals surface area (Å²) in [6.45, 7) is 3.39. The number of aromatic nitrogens is 1. The normalized spacial score (nSPS) is 13.5. The predicted molar refractivity (Wildman–Crippen MR) is 109 cm³/mol. The van der Waals surface area contributed by atoms with Crippen LogP contribution in [0, 0.1) is 6.92 Å². The zero-order valence-electron chi connectivity index (χ0n) is 15.3. The van der Waals surface area contributed by atoms with Crippen molar-refractivity contribution < 1.29 is 19.7 Å². The molecule has 0 aliphatic rings. The van der Waals surface area contributed by atoms with Crippen LogP contribution < -0.4 is 10.5 Å². The number of rotatable bonds is 5. The summed E-state index contributed by atoms with van der Waals surface area (Å²) in [7, 11) is 0. The lowest BCUT2D eigenvalue weighted by Crippen LogP contribution is -2.28. The molecule has 0 bridgehead atoms. The Morgan fingerprint density at radius 2 is 1.79 bits per heavy atom. The molecule has 6 nitrogen and oxygen atoms in total. The highest BCUT2D eigenvalue weighted by Gasteiger charge is 2.27. The highest BCUT2D eigenvalue weighted by atomic mass is 35.5. The fraction of sp³-hybridized carbons (Fsp3) is 0.250. The van der Waals surface area contributed by atoms with Crippen LogP contribution in [-0.4, -0.2) is 27.0 Å². The molecule has 1 aromatic heterocycles. The molecule has 0 aliphatic carbocycles. The van der Waals surface area contributed by atoms with Crippen molar-refractivity contribution in [2.24, 2.45) is 5.73 Å². The largest absolute Gasteiger partial charge is 0.426 e. The molecule has 28 heavy (non-hydrogen) atoms. The number of carbonyl (C=O) groups is 1. The van der Waals surface area contributed by atoms with E-state index in [9.17, 15) is 15.0 Å². The van der Waals surface area contributed by atoms with Crippen molar-refractivity contribution in [2.75, 3.05) is 0 Å². The molecule has 0 radical (unpaired) electrons. The van der Waals surface area contributed by atoms with Crippen LogP contribution in [0.5, 0.6) is 5.75 Å². The lowest BCUT2D eigenvalue weighted by Gasteiger charge is -2.16. The Kier molecular flexibility index (Phi) is 5.98. The lowest BCUT2D eigenvalue weighted by atomic mass is 10.0. The fourth-order valence-corrected chi connectivity index (χ4v) is 3.86. The topological polar surface area (TPSA) is 97.7 Å². The minimum atomic E-state index is -1.51. The third-order valence-corrected chi connectivity index (χ3v) is 5.32. The van der Waals surface area contributed by atoms with E-state index in [-0.39, 0.29) is 5.75 Å². The summed E-state index contributed by atoms with van der Waals surface area (Å²) in [6.07, 6.45) is -2.88. The van der Waals surface area contributed by atoms with Gasteiger partial charge in [-0.1, -0.05) is 35.3 Å². The van der Waals surface area contributed by atoms with E-state index in [1.165, 1.54) is 6.92 Å². The molecule has 1 heterocycles. The van der Waals surface area contributed by atoms with Gasteiger partial charge in [0.1, 0.15) is 18.1 Å². The summed E-state index contributed by atoms with van der Waals surface area (Å²) in [6, 6.07) is 10.4. The number of aliphatic hydroxyl groups excluding tert-OH is 2. The third-order valence-electron chi connectivity index (χ3n) is 4.61. The zero-order chi connectivity index (χ0) is 20.6. The van der Waals surface area contributed by atoms with Gasteiger partial charge in [0.25, 0.3) is 0 Å². The van der Waals surface area contributed by atoms with E-state index in [4.69, 9.17) is 33.7 Å². The summed E-state index contributed by atoms with van der Waals surface area (Å²) in [5.41, 5.74) is 7.95. The van der Waals surface area contributed by atoms with E-state index in [2.05, 4.69) is 0 Å². The van der Waals surface area contributed by atoms with Gasteiger partial charge in [-0.25, -0.2) is 0 Å². The third kappa shape index (κ3) is 3.74. The second-order valence-corrected chi connectivity index (χ2v) is 7.28. The molecule has 0 saturated heterocycles. The zero-order valence-corrected chi connectivity index (χ0v) is 16.8. The second kappa shape index (κ2) is 8.11. The number of fused-ring (bicyclic) bond motifs is 1. The smallest absolute Gasteiger partial charge is 0.308 e. The maximum Gasteiger partial charge on any atom is 0.308 e. The highest BCUT2D eigenvalue weighted by Crippen LogP contribution is 2.39. The van der Waals surface area contributed by atoms with Crippen LogP contribution in [0.3, 0.4) is 0 Å². The van der Waals surface area contributed by atoms with Crippen LogP contribution in [0.15, 0.2) is 36.4 Å². The van der Waals surface area contributed by atoms with Crippen molar-refractivity contribution in [3.05, 3.63) is 63.3 Å². The number of esters is 1. The number of hydrogen-bond donors (Lipinski definition) is 3. The van der Waals surface area contributed by atoms with Gasteiger partial charge in [-0.05, 0) is 31.2 Å². The highest BCUT2D eigenvalue weighted by molar-refractivity contribution is 6.36. The average Bonchev–Trinajstić information content (AvgIpc) is 2.90. The van der Waals surface area contributed by atoms with E-state index in [0.29, 0.717) is 44.3 Å². The molecule has 4 N–H and O–H groups in total. The van der Waals surface area contributed by atoms with Gasteiger partial charge < -0.3 is 25.3 Å².